The smallest absolute Gasteiger partial charge is 0.376 e. The molecular formula is C6H6ClNO3. The summed E-state index contributed by atoms with van der Waals surface area (Å²) in [6.45, 7) is 1.61. The van der Waals surface area contributed by atoms with Gasteiger partial charge in [-0.25, -0.2) is 9.78 Å². The predicted molar refractivity (Wildman–Crippen MR) is 37.6 cm³/mol. The minimum atomic E-state index is -0.568. The van der Waals surface area contributed by atoms with Crippen molar-refractivity contribution >= 4 is 17.6 Å². The number of hydrogen-bond donors (Lipinski definition) is 0. The zero-order valence-corrected chi connectivity index (χ0v) is 6.81. The Bertz CT molecular complexity index is 281. The molecule has 4 nitrogen and oxygen atoms in total. The summed E-state index contributed by atoms with van der Waals surface area (Å²) in [4.78, 5) is 14.5. The molecule has 0 saturated carbocycles. The van der Waals surface area contributed by atoms with Gasteiger partial charge in [0.25, 0.3) is 5.35 Å². The van der Waals surface area contributed by atoms with Crippen LogP contribution in [0.1, 0.15) is 16.2 Å². The summed E-state index contributed by atoms with van der Waals surface area (Å²) in [6, 6.07) is 0. The summed E-state index contributed by atoms with van der Waals surface area (Å²) in [6.07, 6.45) is 0. The average Bonchev–Trinajstić information content (AvgIpc) is 2.28. The van der Waals surface area contributed by atoms with Gasteiger partial charge in [0.1, 0.15) is 0 Å². The lowest BCUT2D eigenvalue weighted by atomic mass is 10.4. The van der Waals surface area contributed by atoms with Crippen molar-refractivity contribution in [3.63, 3.8) is 0 Å². The third-order valence-electron chi connectivity index (χ3n) is 1.14. The molecule has 1 rings (SSSR count). The SMILES string of the molecule is COC(=O)c1oc(Cl)nc1C. The van der Waals surface area contributed by atoms with Crippen LogP contribution in [0.5, 0.6) is 0 Å². The highest BCUT2D eigenvalue weighted by molar-refractivity contribution is 6.27. The topological polar surface area (TPSA) is 52.3 Å². The van der Waals surface area contributed by atoms with E-state index in [4.69, 9.17) is 16.0 Å². The molecular weight excluding hydrogens is 170 g/mol. The number of aromatic nitrogens is 1. The number of halogens is 1. The van der Waals surface area contributed by atoms with E-state index in [0.717, 1.165) is 0 Å². The Morgan fingerprint density at radius 2 is 2.36 bits per heavy atom. The third-order valence-corrected chi connectivity index (χ3v) is 1.30. The maximum Gasteiger partial charge on any atom is 0.376 e. The van der Waals surface area contributed by atoms with Crippen molar-refractivity contribution in [1.82, 2.24) is 4.98 Å². The molecule has 1 heterocycles. The molecule has 0 aliphatic heterocycles. The van der Waals surface area contributed by atoms with Gasteiger partial charge in [-0.3, -0.25) is 0 Å². The molecule has 0 saturated heterocycles. The maximum absolute atomic E-state index is 10.8. The minimum absolute atomic E-state index is 0.0529. The number of carbonyl (C=O) groups is 1. The van der Waals surface area contributed by atoms with E-state index in [9.17, 15) is 4.79 Å². The third kappa shape index (κ3) is 1.51. The van der Waals surface area contributed by atoms with E-state index < -0.39 is 5.97 Å². The molecule has 11 heavy (non-hydrogen) atoms. The van der Waals surface area contributed by atoms with Crippen molar-refractivity contribution in [2.24, 2.45) is 0 Å². The van der Waals surface area contributed by atoms with Crippen molar-refractivity contribution in [2.45, 2.75) is 6.92 Å². The second-order valence-electron chi connectivity index (χ2n) is 1.87. The summed E-state index contributed by atoms with van der Waals surface area (Å²) in [5.74, 6) is -0.514. The average molecular weight is 176 g/mol. The lowest BCUT2D eigenvalue weighted by molar-refractivity contribution is 0.0564. The van der Waals surface area contributed by atoms with Crippen LogP contribution in [0.2, 0.25) is 5.35 Å². The van der Waals surface area contributed by atoms with Gasteiger partial charge in [0.15, 0.2) is 0 Å². The van der Waals surface area contributed by atoms with Gasteiger partial charge in [-0.1, -0.05) is 0 Å². The Morgan fingerprint density at radius 1 is 1.73 bits per heavy atom. The summed E-state index contributed by atoms with van der Waals surface area (Å²) in [7, 11) is 1.26. The van der Waals surface area contributed by atoms with Gasteiger partial charge in [-0.15, -0.1) is 0 Å². The van der Waals surface area contributed by atoms with Crippen molar-refractivity contribution in [2.75, 3.05) is 7.11 Å². The second-order valence-corrected chi connectivity index (χ2v) is 2.20. The van der Waals surface area contributed by atoms with Crippen molar-refractivity contribution in [1.29, 1.82) is 0 Å². The highest BCUT2D eigenvalue weighted by Gasteiger charge is 2.16. The number of methoxy groups -OCH3 is 1. The number of oxazole rings is 1. The van der Waals surface area contributed by atoms with Crippen LogP contribution < -0.4 is 0 Å². The van der Waals surface area contributed by atoms with Crippen LogP contribution in [0.4, 0.5) is 0 Å². The second kappa shape index (κ2) is 2.92. The molecule has 0 aliphatic carbocycles. The number of ether oxygens (including phenoxy) is 1. The van der Waals surface area contributed by atoms with Gasteiger partial charge < -0.3 is 9.15 Å². The Kier molecular flexibility index (Phi) is 2.14. The predicted octanol–water partition coefficient (Wildman–Crippen LogP) is 1.42. The molecule has 0 bridgehead atoms. The first-order valence-corrected chi connectivity index (χ1v) is 3.24. The first kappa shape index (κ1) is 8.07. The Balaban J connectivity index is 3.03. The molecule has 0 N–H and O–H groups in total. The molecule has 0 radical (unpaired) electrons. The van der Waals surface area contributed by atoms with Crippen LogP contribution in [-0.2, 0) is 4.74 Å². The van der Waals surface area contributed by atoms with Crippen LogP contribution in [0, 0.1) is 6.92 Å². The molecule has 0 atom stereocenters. The van der Waals surface area contributed by atoms with Gasteiger partial charge in [0.05, 0.1) is 12.8 Å². The standard InChI is InChI=1S/C6H6ClNO3/c1-3-4(5(9)10-2)11-6(7)8-3/h1-2H3. The zero-order valence-electron chi connectivity index (χ0n) is 6.05. The highest BCUT2D eigenvalue weighted by Crippen LogP contribution is 2.14. The largest absolute Gasteiger partial charge is 0.463 e. The number of esters is 1. The minimum Gasteiger partial charge on any atom is -0.463 e. The van der Waals surface area contributed by atoms with E-state index in [1.165, 1.54) is 7.11 Å². The van der Waals surface area contributed by atoms with Gasteiger partial charge >= 0.3 is 5.97 Å². The first-order valence-electron chi connectivity index (χ1n) is 2.86. The van der Waals surface area contributed by atoms with Gasteiger partial charge in [0, 0.05) is 0 Å². The fourth-order valence-electron chi connectivity index (χ4n) is 0.646. The van der Waals surface area contributed by atoms with Crippen LogP contribution in [0.25, 0.3) is 0 Å². The van der Waals surface area contributed by atoms with Crippen LogP contribution in [-0.4, -0.2) is 18.1 Å². The molecule has 5 heteroatoms. The van der Waals surface area contributed by atoms with Gasteiger partial charge in [-0.2, -0.15) is 0 Å². The van der Waals surface area contributed by atoms with Crippen molar-refractivity contribution in [3.05, 3.63) is 16.8 Å². The van der Waals surface area contributed by atoms with Gasteiger partial charge in [0.2, 0.25) is 5.76 Å². The Morgan fingerprint density at radius 3 is 2.73 bits per heavy atom. The fourth-order valence-corrected chi connectivity index (χ4v) is 0.850. The number of rotatable bonds is 1. The van der Waals surface area contributed by atoms with Crippen LogP contribution in [0.3, 0.4) is 0 Å². The molecule has 0 unspecified atom stereocenters. The number of nitrogens with zero attached hydrogens (tertiary/aromatic N) is 1. The van der Waals surface area contributed by atoms with Crippen LogP contribution >= 0.6 is 11.6 Å². The van der Waals surface area contributed by atoms with Crippen molar-refractivity contribution in [3.8, 4) is 0 Å². The Labute approximate surface area is 68.1 Å². The van der Waals surface area contributed by atoms with Crippen LogP contribution in [0.15, 0.2) is 4.42 Å². The number of carbonyl (C=O) groups excluding carboxylic acids is 1. The molecule has 0 spiro atoms. The Hall–Kier alpha value is -1.03. The number of hydrogen-bond acceptors (Lipinski definition) is 4. The lowest BCUT2D eigenvalue weighted by Gasteiger charge is -1.91. The van der Waals surface area contributed by atoms with Crippen molar-refractivity contribution < 1.29 is 13.9 Å². The first-order chi connectivity index (χ1) is 5.15. The summed E-state index contributed by atoms with van der Waals surface area (Å²) < 4.78 is 9.15. The molecule has 0 fully saturated rings. The van der Waals surface area contributed by atoms with E-state index in [1.54, 1.807) is 6.92 Å². The maximum atomic E-state index is 10.8. The molecule has 1 aromatic heterocycles. The van der Waals surface area contributed by atoms with E-state index in [1.807, 2.05) is 0 Å². The summed E-state index contributed by atoms with van der Waals surface area (Å²) in [5.41, 5.74) is 0.432. The molecule has 1 aromatic rings. The van der Waals surface area contributed by atoms with E-state index in [0.29, 0.717) is 5.69 Å². The quantitative estimate of drug-likeness (QED) is 0.606. The van der Waals surface area contributed by atoms with E-state index >= 15 is 0 Å². The molecule has 0 aliphatic rings. The summed E-state index contributed by atoms with van der Waals surface area (Å²) in [5, 5.41) is -0.0529. The van der Waals surface area contributed by atoms with Gasteiger partial charge in [-0.05, 0) is 18.5 Å². The summed E-state index contributed by atoms with van der Waals surface area (Å²) >= 11 is 5.38. The number of aryl methyl sites for hydroxylation is 1. The molecule has 0 amide bonds. The van der Waals surface area contributed by atoms with E-state index in [2.05, 4.69) is 9.72 Å². The lowest BCUT2D eigenvalue weighted by Crippen LogP contribution is -2.00. The normalized spacial score (nSPS) is 9.73. The highest BCUT2D eigenvalue weighted by atomic mass is 35.5. The molecule has 0 aromatic carbocycles. The zero-order chi connectivity index (χ0) is 8.43. The molecule has 60 valence electrons. The van der Waals surface area contributed by atoms with E-state index in [-0.39, 0.29) is 11.1 Å². The fraction of sp³-hybridized carbons (Fsp3) is 0.333. The monoisotopic (exact) mass is 175 g/mol.